The fraction of sp³-hybridized carbons (Fsp3) is 0.217. The van der Waals surface area contributed by atoms with Crippen LogP contribution in [0.25, 0.3) is 16.6 Å². The Hall–Kier alpha value is -3.38. The molecule has 0 saturated carbocycles. The zero-order valence-electron chi connectivity index (χ0n) is 16.7. The van der Waals surface area contributed by atoms with Crippen LogP contribution in [0.3, 0.4) is 0 Å². The first kappa shape index (κ1) is 19.0. The number of hydrogen-bond donors (Lipinski definition) is 2. The van der Waals surface area contributed by atoms with Crippen LogP contribution in [0.2, 0.25) is 0 Å². The van der Waals surface area contributed by atoms with Crippen molar-refractivity contribution in [3.05, 3.63) is 83.3 Å². The third-order valence-corrected chi connectivity index (χ3v) is 5.30. The molecule has 1 amide bonds. The van der Waals surface area contributed by atoms with Gasteiger partial charge in [0.2, 0.25) is 5.91 Å². The number of hydrogen-bond acceptors (Lipinski definition) is 3. The van der Waals surface area contributed by atoms with Crippen molar-refractivity contribution in [3.63, 3.8) is 0 Å². The van der Waals surface area contributed by atoms with E-state index < -0.39 is 0 Å². The van der Waals surface area contributed by atoms with Gasteiger partial charge in [-0.2, -0.15) is 5.10 Å². The molecule has 6 heteroatoms. The summed E-state index contributed by atoms with van der Waals surface area (Å²) in [5.41, 5.74) is 12.1. The van der Waals surface area contributed by atoms with E-state index >= 15 is 0 Å². The van der Waals surface area contributed by atoms with Crippen molar-refractivity contribution >= 4 is 16.8 Å². The lowest BCUT2D eigenvalue weighted by Gasteiger charge is -2.07. The first-order chi connectivity index (χ1) is 14.0. The molecule has 3 N–H and O–H groups in total. The van der Waals surface area contributed by atoms with E-state index in [1.165, 1.54) is 11.1 Å². The quantitative estimate of drug-likeness (QED) is 0.511. The summed E-state index contributed by atoms with van der Waals surface area (Å²) in [6.07, 6.45) is 3.95. The van der Waals surface area contributed by atoms with Crippen LogP contribution in [0.15, 0.2) is 60.9 Å². The van der Waals surface area contributed by atoms with Gasteiger partial charge in [-0.1, -0.05) is 36.4 Å². The van der Waals surface area contributed by atoms with Gasteiger partial charge in [-0.25, -0.2) is 4.68 Å². The van der Waals surface area contributed by atoms with Crippen LogP contribution in [0.1, 0.15) is 22.4 Å². The molecule has 2 aromatic carbocycles. The Labute approximate surface area is 169 Å². The van der Waals surface area contributed by atoms with E-state index in [1.54, 1.807) is 0 Å². The maximum atomic E-state index is 11.5. The van der Waals surface area contributed by atoms with Gasteiger partial charge < -0.3 is 15.6 Å². The molecule has 2 heterocycles. The van der Waals surface area contributed by atoms with Gasteiger partial charge in [-0.15, -0.1) is 0 Å². The van der Waals surface area contributed by atoms with E-state index in [0.29, 0.717) is 13.1 Å². The van der Waals surface area contributed by atoms with Crippen LogP contribution < -0.4 is 11.1 Å². The fourth-order valence-corrected chi connectivity index (χ4v) is 3.82. The van der Waals surface area contributed by atoms with E-state index in [-0.39, 0.29) is 12.5 Å². The summed E-state index contributed by atoms with van der Waals surface area (Å²) in [7, 11) is 0. The van der Waals surface area contributed by atoms with Gasteiger partial charge in [-0.05, 0) is 37.1 Å². The highest BCUT2D eigenvalue weighted by Gasteiger charge is 2.14. The average molecular weight is 387 g/mol. The molecular formula is C23H25N5O. The van der Waals surface area contributed by atoms with Gasteiger partial charge in [0.05, 0.1) is 11.9 Å². The van der Waals surface area contributed by atoms with Crippen molar-refractivity contribution in [1.82, 2.24) is 19.7 Å². The molecule has 6 nitrogen and oxygen atoms in total. The van der Waals surface area contributed by atoms with E-state index in [4.69, 9.17) is 5.73 Å². The van der Waals surface area contributed by atoms with E-state index in [9.17, 15) is 4.79 Å². The normalized spacial score (nSPS) is 11.2. The topological polar surface area (TPSA) is 77.9 Å². The van der Waals surface area contributed by atoms with Crippen molar-refractivity contribution in [2.24, 2.45) is 5.73 Å². The highest BCUT2D eigenvalue weighted by molar-refractivity contribution is 5.87. The predicted molar refractivity (Wildman–Crippen MR) is 115 cm³/mol. The molecule has 2 aromatic heterocycles. The number of aryl methyl sites for hydroxylation is 1. The number of nitrogens with one attached hydrogen (secondary N) is 1. The standard InChI is InChI=1S/C23H25N5O/c1-16-7-3-5-9-21(16)28-14-18(12-26-28)11-25-13-20-17(2)27(15-23(24)29)22-10-6-4-8-19(20)22/h3-10,12,14,25H,11,13,15H2,1-2H3,(H2,24,29). The first-order valence-electron chi connectivity index (χ1n) is 9.70. The highest BCUT2D eigenvalue weighted by atomic mass is 16.1. The Bertz CT molecular complexity index is 1170. The first-order valence-corrected chi connectivity index (χ1v) is 9.70. The number of primary amides is 1. The molecule has 0 atom stereocenters. The fourth-order valence-electron chi connectivity index (χ4n) is 3.82. The third kappa shape index (κ3) is 3.79. The molecule has 0 spiro atoms. The summed E-state index contributed by atoms with van der Waals surface area (Å²) in [5.74, 6) is -0.336. The maximum Gasteiger partial charge on any atom is 0.237 e. The lowest BCUT2D eigenvalue weighted by atomic mass is 10.1. The molecule has 0 radical (unpaired) electrons. The number of nitrogens with zero attached hydrogens (tertiary/aromatic N) is 3. The van der Waals surface area contributed by atoms with Gasteiger partial charge in [0.15, 0.2) is 0 Å². The van der Waals surface area contributed by atoms with Crippen molar-refractivity contribution < 1.29 is 4.79 Å². The van der Waals surface area contributed by atoms with Crippen molar-refractivity contribution in [1.29, 1.82) is 0 Å². The van der Waals surface area contributed by atoms with Gasteiger partial charge in [0.25, 0.3) is 0 Å². The van der Waals surface area contributed by atoms with Crippen LogP contribution in [-0.2, 0) is 24.4 Å². The van der Waals surface area contributed by atoms with Crippen molar-refractivity contribution in [3.8, 4) is 5.69 Å². The smallest absolute Gasteiger partial charge is 0.237 e. The Kier molecular flexibility index (Phi) is 5.18. The molecular weight excluding hydrogens is 362 g/mol. The third-order valence-electron chi connectivity index (χ3n) is 5.30. The highest BCUT2D eigenvalue weighted by Crippen LogP contribution is 2.25. The Balaban J connectivity index is 1.51. The zero-order chi connectivity index (χ0) is 20.4. The minimum atomic E-state index is -0.336. The van der Waals surface area contributed by atoms with E-state index in [1.807, 2.05) is 52.7 Å². The number of para-hydroxylation sites is 2. The number of rotatable bonds is 7. The zero-order valence-corrected chi connectivity index (χ0v) is 16.7. The summed E-state index contributed by atoms with van der Waals surface area (Å²) < 4.78 is 3.90. The Morgan fingerprint density at radius 2 is 1.83 bits per heavy atom. The van der Waals surface area contributed by atoms with Gasteiger partial charge in [0.1, 0.15) is 6.54 Å². The van der Waals surface area contributed by atoms with Crippen LogP contribution in [-0.4, -0.2) is 20.3 Å². The lowest BCUT2D eigenvalue weighted by molar-refractivity contribution is -0.118. The Morgan fingerprint density at radius 3 is 2.62 bits per heavy atom. The molecule has 4 aromatic rings. The average Bonchev–Trinajstić information content (AvgIpc) is 3.27. The summed E-state index contributed by atoms with van der Waals surface area (Å²) >= 11 is 0. The molecule has 148 valence electrons. The number of nitrogens with two attached hydrogens (primary N) is 1. The second kappa shape index (κ2) is 7.93. The number of amides is 1. The second-order valence-electron chi connectivity index (χ2n) is 7.32. The minimum Gasteiger partial charge on any atom is -0.368 e. The lowest BCUT2D eigenvalue weighted by Crippen LogP contribution is -2.19. The summed E-state index contributed by atoms with van der Waals surface area (Å²) in [5, 5.41) is 9.16. The predicted octanol–water partition coefficient (Wildman–Crippen LogP) is 3.22. The number of aromatic nitrogens is 3. The molecule has 0 bridgehead atoms. The van der Waals surface area contributed by atoms with E-state index in [0.717, 1.165) is 27.8 Å². The maximum absolute atomic E-state index is 11.5. The molecule has 0 unspecified atom stereocenters. The monoisotopic (exact) mass is 387 g/mol. The SMILES string of the molecule is Cc1ccccc1-n1cc(CNCc2c(C)n(CC(N)=O)c3ccccc23)cn1. The minimum absolute atomic E-state index is 0.190. The van der Waals surface area contributed by atoms with Crippen LogP contribution >= 0.6 is 0 Å². The van der Waals surface area contributed by atoms with Gasteiger partial charge >= 0.3 is 0 Å². The van der Waals surface area contributed by atoms with Gasteiger partial charge in [0, 0.05) is 41.4 Å². The summed E-state index contributed by atoms with van der Waals surface area (Å²) in [6, 6.07) is 16.3. The van der Waals surface area contributed by atoms with Crippen LogP contribution in [0.4, 0.5) is 0 Å². The van der Waals surface area contributed by atoms with Crippen molar-refractivity contribution in [2.45, 2.75) is 33.5 Å². The number of carbonyl (C=O) groups is 1. The van der Waals surface area contributed by atoms with E-state index in [2.05, 4.69) is 41.7 Å². The molecule has 0 aliphatic heterocycles. The molecule has 0 aliphatic carbocycles. The Morgan fingerprint density at radius 1 is 1.07 bits per heavy atom. The second-order valence-corrected chi connectivity index (χ2v) is 7.32. The molecule has 29 heavy (non-hydrogen) atoms. The molecule has 0 saturated heterocycles. The summed E-state index contributed by atoms with van der Waals surface area (Å²) in [4.78, 5) is 11.5. The van der Waals surface area contributed by atoms with Gasteiger partial charge in [-0.3, -0.25) is 4.79 Å². The number of fused-ring (bicyclic) bond motifs is 1. The summed E-state index contributed by atoms with van der Waals surface area (Å²) in [6.45, 7) is 5.72. The number of benzene rings is 2. The molecule has 0 aliphatic rings. The molecule has 0 fully saturated rings. The van der Waals surface area contributed by atoms with Crippen molar-refractivity contribution in [2.75, 3.05) is 0 Å². The molecule has 4 rings (SSSR count). The van der Waals surface area contributed by atoms with Crippen LogP contribution in [0.5, 0.6) is 0 Å². The largest absolute Gasteiger partial charge is 0.368 e. The van der Waals surface area contributed by atoms with Crippen LogP contribution in [0, 0.1) is 13.8 Å². The number of carbonyl (C=O) groups excluding carboxylic acids is 1.